The summed E-state index contributed by atoms with van der Waals surface area (Å²) in [5.41, 5.74) is 0.360. The molecule has 1 saturated carbocycles. The number of rotatable bonds is 10. The minimum absolute atomic E-state index is 0. The zero-order valence-corrected chi connectivity index (χ0v) is 18.1. The minimum atomic E-state index is -0.251. The number of benzene rings is 1. The Morgan fingerprint density at radius 3 is 2.50 bits per heavy atom. The van der Waals surface area contributed by atoms with Crippen molar-refractivity contribution in [1.29, 1.82) is 0 Å². The number of hydrogen-bond acceptors (Lipinski definition) is 3. The van der Waals surface area contributed by atoms with Crippen molar-refractivity contribution in [1.82, 2.24) is 10.6 Å². The molecule has 1 aliphatic carbocycles. The van der Waals surface area contributed by atoms with Crippen LogP contribution in [-0.4, -0.2) is 46.4 Å². The Morgan fingerprint density at radius 1 is 1.19 bits per heavy atom. The molecule has 1 aliphatic rings. The van der Waals surface area contributed by atoms with Crippen molar-refractivity contribution in [2.24, 2.45) is 10.4 Å². The van der Waals surface area contributed by atoms with Gasteiger partial charge in [0.2, 0.25) is 0 Å². The third-order valence-electron chi connectivity index (χ3n) is 4.80. The molecule has 1 aromatic carbocycles. The summed E-state index contributed by atoms with van der Waals surface area (Å²) in [5, 5.41) is 6.75. The summed E-state index contributed by atoms with van der Waals surface area (Å²) >= 11 is 0. The van der Waals surface area contributed by atoms with Gasteiger partial charge < -0.3 is 20.1 Å². The molecular weight excluding hydrogens is 448 g/mol. The van der Waals surface area contributed by atoms with E-state index in [2.05, 4.69) is 15.6 Å². The molecule has 0 bridgehead atoms. The van der Waals surface area contributed by atoms with Crippen LogP contribution in [0.25, 0.3) is 0 Å². The third kappa shape index (κ3) is 7.65. The van der Waals surface area contributed by atoms with Crippen LogP contribution in [0.4, 0.5) is 4.39 Å². The van der Waals surface area contributed by atoms with Crippen molar-refractivity contribution in [3.05, 3.63) is 30.1 Å². The first-order chi connectivity index (χ1) is 12.2. The van der Waals surface area contributed by atoms with Gasteiger partial charge in [-0.3, -0.25) is 4.99 Å². The largest absolute Gasteiger partial charge is 0.494 e. The molecule has 5 nitrogen and oxygen atoms in total. The number of guanidine groups is 1. The van der Waals surface area contributed by atoms with E-state index < -0.39 is 0 Å². The van der Waals surface area contributed by atoms with Gasteiger partial charge in [0.05, 0.1) is 6.61 Å². The van der Waals surface area contributed by atoms with Crippen LogP contribution >= 0.6 is 24.0 Å². The molecule has 0 aromatic heterocycles. The topological polar surface area (TPSA) is 54.9 Å². The molecule has 0 amide bonds. The number of nitrogens with one attached hydrogen (secondary N) is 2. The summed E-state index contributed by atoms with van der Waals surface area (Å²) in [7, 11) is 3.54. The summed E-state index contributed by atoms with van der Waals surface area (Å²) in [4.78, 5) is 4.28. The second kappa shape index (κ2) is 12.3. The third-order valence-corrected chi connectivity index (χ3v) is 4.80. The van der Waals surface area contributed by atoms with E-state index in [9.17, 15) is 4.39 Å². The van der Waals surface area contributed by atoms with Crippen molar-refractivity contribution in [2.75, 3.05) is 40.5 Å². The summed E-state index contributed by atoms with van der Waals surface area (Å²) in [6.45, 7) is 3.09. The van der Waals surface area contributed by atoms with Crippen molar-refractivity contribution < 1.29 is 13.9 Å². The highest BCUT2D eigenvalue weighted by molar-refractivity contribution is 14.0. The Balaban J connectivity index is 0.00000338. The lowest BCUT2D eigenvalue weighted by molar-refractivity contribution is 0.0732. The second-order valence-corrected chi connectivity index (χ2v) is 6.60. The van der Waals surface area contributed by atoms with Gasteiger partial charge in [-0.05, 0) is 55.4 Å². The molecule has 0 heterocycles. The monoisotopic (exact) mass is 479 g/mol. The Labute approximate surface area is 173 Å². The maximum Gasteiger partial charge on any atom is 0.190 e. The number of ether oxygens (including phenoxy) is 2. The summed E-state index contributed by atoms with van der Waals surface area (Å²) in [6.07, 6.45) is 5.75. The lowest BCUT2D eigenvalue weighted by atomic mass is 9.67. The molecule has 1 fully saturated rings. The smallest absolute Gasteiger partial charge is 0.190 e. The van der Waals surface area contributed by atoms with Gasteiger partial charge in [-0.1, -0.05) is 6.42 Å². The summed E-state index contributed by atoms with van der Waals surface area (Å²) in [6, 6.07) is 6.08. The Bertz CT molecular complexity index is 536. The maximum absolute atomic E-state index is 12.8. The highest BCUT2D eigenvalue weighted by Gasteiger charge is 2.36. The number of methoxy groups -OCH3 is 1. The Morgan fingerprint density at radius 2 is 1.92 bits per heavy atom. The SMILES string of the molecule is CN=C(NCCCOc1ccc(F)cc1)NCC1(CCOC)CCC1.I. The number of nitrogens with zero attached hydrogens (tertiary/aromatic N) is 1. The van der Waals surface area contributed by atoms with Crippen molar-refractivity contribution in [2.45, 2.75) is 32.1 Å². The van der Waals surface area contributed by atoms with E-state index in [-0.39, 0.29) is 29.8 Å². The standard InChI is InChI=1S/C19H30FN3O2.HI/c1-21-18(23-15-19(9-3-10-19)11-14-24-2)22-12-4-13-25-17-7-5-16(20)6-8-17;/h5-8H,3-4,9-15H2,1-2H3,(H2,21,22,23);1H. The quantitative estimate of drug-likeness (QED) is 0.233. The molecule has 0 aliphatic heterocycles. The van der Waals surface area contributed by atoms with Crippen molar-refractivity contribution in [3.8, 4) is 5.75 Å². The predicted octanol–water partition coefficient (Wildman–Crippen LogP) is 3.58. The van der Waals surface area contributed by atoms with Crippen LogP contribution in [0.1, 0.15) is 32.1 Å². The summed E-state index contributed by atoms with van der Waals surface area (Å²) in [5.74, 6) is 1.26. The zero-order chi connectivity index (χ0) is 18.0. The van der Waals surface area contributed by atoms with Gasteiger partial charge in [-0.15, -0.1) is 24.0 Å². The van der Waals surface area contributed by atoms with Gasteiger partial charge in [0.1, 0.15) is 11.6 Å². The first-order valence-electron chi connectivity index (χ1n) is 8.99. The number of aliphatic imine (C=N–C) groups is 1. The van der Waals surface area contributed by atoms with Crippen LogP contribution in [0.5, 0.6) is 5.75 Å². The number of hydrogen-bond donors (Lipinski definition) is 2. The Hall–Kier alpha value is -1.09. The molecule has 2 N–H and O–H groups in total. The van der Waals surface area contributed by atoms with E-state index in [1.165, 1.54) is 31.4 Å². The van der Waals surface area contributed by atoms with Gasteiger partial charge in [0.25, 0.3) is 0 Å². The van der Waals surface area contributed by atoms with Gasteiger partial charge >= 0.3 is 0 Å². The van der Waals surface area contributed by atoms with Gasteiger partial charge in [0.15, 0.2) is 5.96 Å². The molecule has 26 heavy (non-hydrogen) atoms. The average Bonchev–Trinajstić information content (AvgIpc) is 2.60. The fraction of sp³-hybridized carbons (Fsp3) is 0.632. The van der Waals surface area contributed by atoms with Gasteiger partial charge in [-0.25, -0.2) is 4.39 Å². The molecular formula is C19H31FIN3O2. The van der Waals surface area contributed by atoms with Crippen LogP contribution in [-0.2, 0) is 4.74 Å². The maximum atomic E-state index is 12.8. The second-order valence-electron chi connectivity index (χ2n) is 6.60. The van der Waals surface area contributed by atoms with Crippen LogP contribution in [0, 0.1) is 11.2 Å². The summed E-state index contributed by atoms with van der Waals surface area (Å²) < 4.78 is 23.6. The predicted molar refractivity (Wildman–Crippen MR) is 114 cm³/mol. The van der Waals surface area contributed by atoms with E-state index in [1.807, 2.05) is 0 Å². The minimum Gasteiger partial charge on any atom is -0.494 e. The fourth-order valence-corrected chi connectivity index (χ4v) is 3.00. The van der Waals surface area contributed by atoms with E-state index in [0.717, 1.165) is 38.5 Å². The molecule has 2 rings (SSSR count). The van der Waals surface area contributed by atoms with Crippen LogP contribution in [0.15, 0.2) is 29.3 Å². The van der Waals surface area contributed by atoms with Crippen molar-refractivity contribution in [3.63, 3.8) is 0 Å². The molecule has 0 saturated heterocycles. The van der Waals surface area contributed by atoms with Crippen LogP contribution < -0.4 is 15.4 Å². The average molecular weight is 479 g/mol. The van der Waals surface area contributed by atoms with E-state index >= 15 is 0 Å². The normalized spacial score (nSPS) is 15.6. The lowest BCUT2D eigenvalue weighted by Gasteiger charge is -2.42. The van der Waals surface area contributed by atoms with Crippen molar-refractivity contribution >= 4 is 29.9 Å². The highest BCUT2D eigenvalue weighted by atomic mass is 127. The molecule has 7 heteroatoms. The van der Waals surface area contributed by atoms with Crippen LogP contribution in [0.2, 0.25) is 0 Å². The first-order valence-corrected chi connectivity index (χ1v) is 8.99. The fourth-order valence-electron chi connectivity index (χ4n) is 3.00. The van der Waals surface area contributed by atoms with E-state index in [4.69, 9.17) is 9.47 Å². The molecule has 148 valence electrons. The molecule has 0 spiro atoms. The molecule has 0 radical (unpaired) electrons. The van der Waals surface area contributed by atoms with Gasteiger partial charge in [0, 0.05) is 33.9 Å². The Kier molecular flexibility index (Phi) is 10.9. The van der Waals surface area contributed by atoms with E-state index in [0.29, 0.717) is 17.8 Å². The molecule has 1 aromatic rings. The van der Waals surface area contributed by atoms with Gasteiger partial charge in [-0.2, -0.15) is 0 Å². The first kappa shape index (κ1) is 23.0. The number of halogens is 2. The highest BCUT2D eigenvalue weighted by Crippen LogP contribution is 2.43. The van der Waals surface area contributed by atoms with E-state index in [1.54, 1.807) is 26.3 Å². The molecule has 0 atom stereocenters. The zero-order valence-electron chi connectivity index (χ0n) is 15.7. The van der Waals surface area contributed by atoms with Crippen LogP contribution in [0.3, 0.4) is 0 Å². The molecule has 0 unspecified atom stereocenters. The lowest BCUT2D eigenvalue weighted by Crippen LogP contribution is -2.47.